The van der Waals surface area contributed by atoms with Crippen LogP contribution < -0.4 is 16.4 Å². The molecule has 6 heteroatoms. The molecule has 5 nitrogen and oxygen atoms in total. The summed E-state index contributed by atoms with van der Waals surface area (Å²) >= 11 is 6.03. The number of hydrogen-bond donors (Lipinski definition) is 3. The van der Waals surface area contributed by atoms with Crippen LogP contribution in [0.3, 0.4) is 0 Å². The summed E-state index contributed by atoms with van der Waals surface area (Å²) in [7, 11) is 0. The molecule has 0 saturated heterocycles. The van der Waals surface area contributed by atoms with E-state index in [4.69, 9.17) is 22.1 Å². The minimum atomic E-state index is -0.478. The minimum Gasteiger partial charge on any atom is -0.444 e. The fourth-order valence-corrected chi connectivity index (χ4v) is 1.78. The zero-order valence-corrected chi connectivity index (χ0v) is 12.9. The Labute approximate surface area is 124 Å². The molecule has 0 bridgehead atoms. The first-order valence-corrected chi connectivity index (χ1v) is 6.92. The molecule has 1 aromatic rings. The number of halogens is 1. The van der Waals surface area contributed by atoms with Crippen LogP contribution in [0.25, 0.3) is 0 Å². The van der Waals surface area contributed by atoms with Gasteiger partial charge in [-0.1, -0.05) is 17.7 Å². The predicted octanol–water partition coefficient (Wildman–Crippen LogP) is 3.25. The SMILES string of the molecule is CC(C)(C)OC(=O)NCCCNc1c(N)cccc1Cl. The van der Waals surface area contributed by atoms with E-state index in [-0.39, 0.29) is 0 Å². The lowest BCUT2D eigenvalue weighted by molar-refractivity contribution is 0.0528. The predicted molar refractivity (Wildman–Crippen MR) is 83.2 cm³/mol. The Hall–Kier alpha value is -1.62. The van der Waals surface area contributed by atoms with E-state index in [1.54, 1.807) is 18.2 Å². The van der Waals surface area contributed by atoms with E-state index in [0.29, 0.717) is 23.8 Å². The number of rotatable bonds is 5. The Kier molecular flexibility index (Phi) is 5.95. The highest BCUT2D eigenvalue weighted by molar-refractivity contribution is 6.33. The Morgan fingerprint density at radius 1 is 1.35 bits per heavy atom. The first-order valence-electron chi connectivity index (χ1n) is 6.54. The second kappa shape index (κ2) is 7.24. The number of para-hydroxylation sites is 1. The summed E-state index contributed by atoms with van der Waals surface area (Å²) in [5.74, 6) is 0. The van der Waals surface area contributed by atoms with Crippen molar-refractivity contribution in [1.82, 2.24) is 5.32 Å². The van der Waals surface area contributed by atoms with E-state index in [0.717, 1.165) is 12.1 Å². The summed E-state index contributed by atoms with van der Waals surface area (Å²) in [6, 6.07) is 5.36. The number of nitrogens with two attached hydrogens (primary N) is 1. The van der Waals surface area contributed by atoms with E-state index in [2.05, 4.69) is 10.6 Å². The van der Waals surface area contributed by atoms with Crippen molar-refractivity contribution in [2.75, 3.05) is 24.1 Å². The molecule has 0 saturated carbocycles. The zero-order chi connectivity index (χ0) is 15.2. The normalized spacial score (nSPS) is 11.0. The zero-order valence-electron chi connectivity index (χ0n) is 12.1. The quantitative estimate of drug-likeness (QED) is 0.576. The molecule has 1 rings (SSSR count). The van der Waals surface area contributed by atoms with Gasteiger partial charge in [-0.2, -0.15) is 0 Å². The molecule has 0 radical (unpaired) electrons. The van der Waals surface area contributed by atoms with Gasteiger partial charge in [-0.25, -0.2) is 4.79 Å². The number of carbonyl (C=O) groups is 1. The summed E-state index contributed by atoms with van der Waals surface area (Å²) < 4.78 is 5.13. The van der Waals surface area contributed by atoms with Crippen molar-refractivity contribution in [2.24, 2.45) is 0 Å². The summed E-state index contributed by atoms with van der Waals surface area (Å²) in [6.07, 6.45) is 0.332. The molecule has 0 aliphatic rings. The second-order valence-corrected chi connectivity index (χ2v) is 5.82. The highest BCUT2D eigenvalue weighted by Crippen LogP contribution is 2.27. The number of nitrogen functional groups attached to an aromatic ring is 1. The second-order valence-electron chi connectivity index (χ2n) is 5.41. The molecule has 4 N–H and O–H groups in total. The Bertz CT molecular complexity index is 438. The van der Waals surface area contributed by atoms with Crippen LogP contribution in [0.1, 0.15) is 27.2 Å². The van der Waals surface area contributed by atoms with Crippen molar-refractivity contribution in [3.63, 3.8) is 0 Å². The average Bonchev–Trinajstić information content (AvgIpc) is 2.29. The third-order valence-corrected chi connectivity index (χ3v) is 2.68. The van der Waals surface area contributed by atoms with Crippen LogP contribution in [0, 0.1) is 0 Å². The van der Waals surface area contributed by atoms with Gasteiger partial charge in [0.15, 0.2) is 0 Å². The van der Waals surface area contributed by atoms with Crippen molar-refractivity contribution >= 4 is 29.1 Å². The van der Waals surface area contributed by atoms with Crippen molar-refractivity contribution < 1.29 is 9.53 Å². The Morgan fingerprint density at radius 3 is 2.65 bits per heavy atom. The maximum atomic E-state index is 11.4. The van der Waals surface area contributed by atoms with Crippen LogP contribution in [-0.2, 0) is 4.74 Å². The van der Waals surface area contributed by atoms with Crippen LogP contribution in [0.5, 0.6) is 0 Å². The van der Waals surface area contributed by atoms with Crippen LogP contribution in [0.2, 0.25) is 5.02 Å². The van der Waals surface area contributed by atoms with Gasteiger partial charge in [0.2, 0.25) is 0 Å². The Balaban J connectivity index is 2.24. The monoisotopic (exact) mass is 299 g/mol. The van der Waals surface area contributed by atoms with Crippen LogP contribution >= 0.6 is 11.6 Å². The maximum Gasteiger partial charge on any atom is 0.407 e. The van der Waals surface area contributed by atoms with Gasteiger partial charge in [0, 0.05) is 13.1 Å². The van der Waals surface area contributed by atoms with Crippen LogP contribution in [-0.4, -0.2) is 24.8 Å². The molecular weight excluding hydrogens is 278 g/mol. The van der Waals surface area contributed by atoms with Crippen LogP contribution in [0.4, 0.5) is 16.2 Å². The summed E-state index contributed by atoms with van der Waals surface area (Å²) in [5, 5.41) is 6.43. The topological polar surface area (TPSA) is 76.4 Å². The van der Waals surface area contributed by atoms with E-state index in [1.165, 1.54) is 0 Å². The fraction of sp³-hybridized carbons (Fsp3) is 0.500. The number of alkyl carbamates (subject to hydrolysis) is 1. The van der Waals surface area contributed by atoms with Gasteiger partial charge in [-0.05, 0) is 39.3 Å². The Morgan fingerprint density at radius 2 is 2.05 bits per heavy atom. The first kappa shape index (κ1) is 16.4. The molecule has 1 aromatic carbocycles. The molecule has 112 valence electrons. The minimum absolute atomic E-state index is 0.408. The van der Waals surface area contributed by atoms with Gasteiger partial charge < -0.3 is 21.1 Å². The third kappa shape index (κ3) is 6.02. The van der Waals surface area contributed by atoms with Gasteiger partial charge in [0.25, 0.3) is 0 Å². The molecule has 0 spiro atoms. The average molecular weight is 300 g/mol. The molecule has 20 heavy (non-hydrogen) atoms. The third-order valence-electron chi connectivity index (χ3n) is 2.37. The number of nitrogens with one attached hydrogen (secondary N) is 2. The molecular formula is C14H22ClN3O2. The smallest absolute Gasteiger partial charge is 0.407 e. The molecule has 1 amide bonds. The highest BCUT2D eigenvalue weighted by atomic mass is 35.5. The molecule has 0 fully saturated rings. The summed E-state index contributed by atoms with van der Waals surface area (Å²) in [4.78, 5) is 11.4. The molecule has 0 unspecified atom stereocenters. The molecule has 0 aliphatic carbocycles. The number of hydrogen-bond acceptors (Lipinski definition) is 4. The van der Waals surface area contributed by atoms with E-state index < -0.39 is 11.7 Å². The van der Waals surface area contributed by atoms with Gasteiger partial charge in [0.1, 0.15) is 5.60 Å². The van der Waals surface area contributed by atoms with Crippen LogP contribution in [0.15, 0.2) is 18.2 Å². The van der Waals surface area contributed by atoms with E-state index >= 15 is 0 Å². The number of amides is 1. The maximum absolute atomic E-state index is 11.4. The molecule has 0 aliphatic heterocycles. The van der Waals surface area contributed by atoms with Gasteiger partial charge >= 0.3 is 6.09 Å². The van der Waals surface area contributed by atoms with Gasteiger partial charge in [0.05, 0.1) is 16.4 Å². The van der Waals surface area contributed by atoms with Gasteiger partial charge in [-0.3, -0.25) is 0 Å². The molecule has 0 heterocycles. The largest absolute Gasteiger partial charge is 0.444 e. The number of anilines is 2. The van der Waals surface area contributed by atoms with Crippen molar-refractivity contribution in [3.8, 4) is 0 Å². The number of benzene rings is 1. The number of ether oxygens (including phenoxy) is 1. The van der Waals surface area contributed by atoms with Crippen molar-refractivity contribution in [3.05, 3.63) is 23.2 Å². The summed E-state index contributed by atoms with van der Waals surface area (Å²) in [5.41, 5.74) is 6.68. The van der Waals surface area contributed by atoms with E-state index in [1.807, 2.05) is 20.8 Å². The lowest BCUT2D eigenvalue weighted by atomic mass is 10.2. The first-order chi connectivity index (χ1) is 9.29. The number of carbonyl (C=O) groups excluding carboxylic acids is 1. The lowest BCUT2D eigenvalue weighted by Gasteiger charge is -2.19. The highest BCUT2D eigenvalue weighted by Gasteiger charge is 2.15. The van der Waals surface area contributed by atoms with E-state index in [9.17, 15) is 4.79 Å². The van der Waals surface area contributed by atoms with Crippen molar-refractivity contribution in [2.45, 2.75) is 32.8 Å². The molecule has 0 aromatic heterocycles. The standard InChI is InChI=1S/C14H22ClN3O2/c1-14(2,3)20-13(19)18-9-5-8-17-12-10(15)6-4-7-11(12)16/h4,6-7,17H,5,8-9,16H2,1-3H3,(H,18,19). The summed E-state index contributed by atoms with van der Waals surface area (Å²) in [6.45, 7) is 6.66. The fourth-order valence-electron chi connectivity index (χ4n) is 1.53. The van der Waals surface area contributed by atoms with Gasteiger partial charge in [-0.15, -0.1) is 0 Å². The molecule has 0 atom stereocenters. The van der Waals surface area contributed by atoms with Crippen molar-refractivity contribution in [1.29, 1.82) is 0 Å². The lowest BCUT2D eigenvalue weighted by Crippen LogP contribution is -2.33.